The van der Waals surface area contributed by atoms with Gasteiger partial charge >= 0.3 is 0 Å². The Bertz CT molecular complexity index is 650. The smallest absolute Gasteiger partial charge is 0.272 e. The van der Waals surface area contributed by atoms with E-state index in [1.54, 1.807) is 27.0 Å². The first-order chi connectivity index (χ1) is 9.28. The number of amides is 1. The topological polar surface area (TPSA) is 53.4 Å². The molecule has 0 aliphatic rings. The molecule has 20 heavy (non-hydrogen) atoms. The summed E-state index contributed by atoms with van der Waals surface area (Å²) in [5.41, 5.74) is -0.675. The maximum atomic E-state index is 12.3. The minimum Gasteiger partial charge on any atom is -0.389 e. The van der Waals surface area contributed by atoms with Gasteiger partial charge in [-0.15, -0.1) is 0 Å². The molecule has 1 aromatic heterocycles. The van der Waals surface area contributed by atoms with Crippen LogP contribution in [-0.2, 0) is 0 Å². The minimum absolute atomic E-state index is 0.220. The second-order valence-corrected chi connectivity index (χ2v) is 5.85. The molecule has 2 aromatic rings. The Morgan fingerprint density at radius 2 is 2.05 bits per heavy atom. The summed E-state index contributed by atoms with van der Waals surface area (Å²) in [5, 5.41) is 11.8. The SMILES string of the molecule is CN(CC(C)(C)O)C(=O)c1cc2ccccc2c(Cl)n1. The molecule has 106 valence electrons. The monoisotopic (exact) mass is 292 g/mol. The van der Waals surface area contributed by atoms with Crippen molar-refractivity contribution in [3.63, 3.8) is 0 Å². The van der Waals surface area contributed by atoms with E-state index in [4.69, 9.17) is 11.6 Å². The summed E-state index contributed by atoms with van der Waals surface area (Å²) in [6, 6.07) is 9.21. The summed E-state index contributed by atoms with van der Waals surface area (Å²) in [7, 11) is 1.63. The van der Waals surface area contributed by atoms with E-state index in [2.05, 4.69) is 4.98 Å². The number of aliphatic hydroxyl groups is 1. The first kappa shape index (κ1) is 14.8. The molecule has 0 fully saturated rings. The van der Waals surface area contributed by atoms with Gasteiger partial charge in [-0.1, -0.05) is 35.9 Å². The van der Waals surface area contributed by atoms with Gasteiger partial charge in [0.25, 0.3) is 5.91 Å². The fourth-order valence-electron chi connectivity index (χ4n) is 2.11. The van der Waals surface area contributed by atoms with E-state index in [1.807, 2.05) is 24.3 Å². The normalized spacial score (nSPS) is 11.7. The van der Waals surface area contributed by atoms with Gasteiger partial charge in [-0.25, -0.2) is 4.98 Å². The highest BCUT2D eigenvalue weighted by Crippen LogP contribution is 2.23. The van der Waals surface area contributed by atoms with Crippen LogP contribution < -0.4 is 0 Å². The third kappa shape index (κ3) is 3.26. The predicted octanol–water partition coefficient (Wildman–Crippen LogP) is 2.73. The van der Waals surface area contributed by atoms with Crippen LogP contribution in [0.15, 0.2) is 30.3 Å². The number of rotatable bonds is 3. The number of benzene rings is 1. The Labute approximate surface area is 123 Å². The quantitative estimate of drug-likeness (QED) is 0.885. The second kappa shape index (κ2) is 5.38. The van der Waals surface area contributed by atoms with Crippen molar-refractivity contribution in [3.8, 4) is 0 Å². The van der Waals surface area contributed by atoms with Crippen molar-refractivity contribution in [1.82, 2.24) is 9.88 Å². The van der Waals surface area contributed by atoms with Crippen LogP contribution in [-0.4, -0.2) is 40.1 Å². The fourth-order valence-corrected chi connectivity index (χ4v) is 2.38. The summed E-state index contributed by atoms with van der Waals surface area (Å²) in [6.45, 7) is 3.52. The Hall–Kier alpha value is -1.65. The molecule has 0 saturated heterocycles. The van der Waals surface area contributed by atoms with Gasteiger partial charge in [-0.2, -0.15) is 0 Å². The molecule has 1 amide bonds. The van der Waals surface area contributed by atoms with Crippen LogP contribution in [0, 0.1) is 0 Å². The molecule has 5 heteroatoms. The molecule has 0 saturated carbocycles. The third-order valence-electron chi connectivity index (χ3n) is 2.88. The summed E-state index contributed by atoms with van der Waals surface area (Å²) in [6.07, 6.45) is 0. The van der Waals surface area contributed by atoms with Crippen molar-refractivity contribution < 1.29 is 9.90 Å². The molecule has 0 atom stereocenters. The number of hydrogen-bond donors (Lipinski definition) is 1. The molecule has 2 rings (SSSR count). The zero-order chi connectivity index (χ0) is 14.9. The molecule has 1 heterocycles. The van der Waals surface area contributed by atoms with E-state index in [1.165, 1.54) is 4.90 Å². The predicted molar refractivity (Wildman–Crippen MR) is 80.0 cm³/mol. The first-order valence-corrected chi connectivity index (χ1v) is 6.69. The van der Waals surface area contributed by atoms with Crippen molar-refractivity contribution in [3.05, 3.63) is 41.2 Å². The van der Waals surface area contributed by atoms with Crippen molar-refractivity contribution >= 4 is 28.3 Å². The first-order valence-electron chi connectivity index (χ1n) is 6.31. The number of hydrogen-bond acceptors (Lipinski definition) is 3. The zero-order valence-corrected chi connectivity index (χ0v) is 12.5. The number of nitrogens with zero attached hydrogens (tertiary/aromatic N) is 2. The zero-order valence-electron chi connectivity index (χ0n) is 11.7. The summed E-state index contributed by atoms with van der Waals surface area (Å²) < 4.78 is 0. The van der Waals surface area contributed by atoms with E-state index in [9.17, 15) is 9.90 Å². The number of fused-ring (bicyclic) bond motifs is 1. The number of halogens is 1. The van der Waals surface area contributed by atoms with Gasteiger partial charge in [-0.05, 0) is 25.3 Å². The average Bonchev–Trinajstić information content (AvgIpc) is 2.35. The Kier molecular flexibility index (Phi) is 3.97. The molecule has 0 spiro atoms. The molecule has 0 radical (unpaired) electrons. The van der Waals surface area contributed by atoms with Crippen LogP contribution in [0.5, 0.6) is 0 Å². The number of pyridine rings is 1. The summed E-state index contributed by atoms with van der Waals surface area (Å²) in [5.74, 6) is -0.264. The molecule has 0 aliphatic heterocycles. The van der Waals surface area contributed by atoms with E-state index in [-0.39, 0.29) is 18.1 Å². The van der Waals surface area contributed by atoms with Crippen LogP contribution in [0.25, 0.3) is 10.8 Å². The molecular formula is C15H17ClN2O2. The maximum absolute atomic E-state index is 12.3. The Morgan fingerprint density at radius 1 is 1.40 bits per heavy atom. The highest BCUT2D eigenvalue weighted by atomic mass is 35.5. The Morgan fingerprint density at radius 3 is 2.70 bits per heavy atom. The van der Waals surface area contributed by atoms with Crippen molar-refractivity contribution in [1.29, 1.82) is 0 Å². The number of carbonyl (C=O) groups is 1. The maximum Gasteiger partial charge on any atom is 0.272 e. The molecular weight excluding hydrogens is 276 g/mol. The van der Waals surface area contributed by atoms with Gasteiger partial charge in [0, 0.05) is 19.0 Å². The van der Waals surface area contributed by atoms with Crippen molar-refractivity contribution in [2.24, 2.45) is 0 Å². The lowest BCUT2D eigenvalue weighted by Crippen LogP contribution is -2.40. The highest BCUT2D eigenvalue weighted by Gasteiger charge is 2.21. The molecule has 1 N–H and O–H groups in total. The van der Waals surface area contributed by atoms with Crippen LogP contribution in [0.2, 0.25) is 5.15 Å². The van der Waals surface area contributed by atoms with E-state index < -0.39 is 5.60 Å². The number of carbonyl (C=O) groups excluding carboxylic acids is 1. The minimum atomic E-state index is -0.953. The molecule has 4 nitrogen and oxygen atoms in total. The lowest BCUT2D eigenvalue weighted by molar-refractivity contribution is 0.0365. The van der Waals surface area contributed by atoms with Gasteiger partial charge in [0.05, 0.1) is 5.60 Å². The van der Waals surface area contributed by atoms with Crippen LogP contribution in [0.1, 0.15) is 24.3 Å². The van der Waals surface area contributed by atoms with Gasteiger partial charge in [0.15, 0.2) is 0 Å². The summed E-state index contributed by atoms with van der Waals surface area (Å²) in [4.78, 5) is 17.9. The van der Waals surface area contributed by atoms with Gasteiger partial charge in [0.2, 0.25) is 0 Å². The van der Waals surface area contributed by atoms with Crippen LogP contribution in [0.4, 0.5) is 0 Å². The lowest BCUT2D eigenvalue weighted by atomic mass is 10.1. The van der Waals surface area contributed by atoms with E-state index >= 15 is 0 Å². The molecule has 0 unspecified atom stereocenters. The molecule has 0 bridgehead atoms. The van der Waals surface area contributed by atoms with E-state index in [0.29, 0.717) is 5.15 Å². The molecule has 1 aromatic carbocycles. The lowest BCUT2D eigenvalue weighted by Gasteiger charge is -2.25. The second-order valence-electron chi connectivity index (χ2n) is 5.49. The largest absolute Gasteiger partial charge is 0.389 e. The summed E-state index contributed by atoms with van der Waals surface area (Å²) >= 11 is 6.11. The van der Waals surface area contributed by atoms with Crippen molar-refractivity contribution in [2.75, 3.05) is 13.6 Å². The Balaban J connectivity index is 2.35. The van der Waals surface area contributed by atoms with Crippen molar-refractivity contribution in [2.45, 2.75) is 19.4 Å². The average molecular weight is 293 g/mol. The van der Waals surface area contributed by atoms with Crippen LogP contribution >= 0.6 is 11.6 Å². The van der Waals surface area contributed by atoms with Crippen LogP contribution in [0.3, 0.4) is 0 Å². The fraction of sp³-hybridized carbons (Fsp3) is 0.333. The third-order valence-corrected chi connectivity index (χ3v) is 3.17. The molecule has 0 aliphatic carbocycles. The highest BCUT2D eigenvalue weighted by molar-refractivity contribution is 6.34. The van der Waals surface area contributed by atoms with Gasteiger partial charge in [0.1, 0.15) is 10.8 Å². The number of likely N-dealkylation sites (N-methyl/N-ethyl adjacent to an activating group) is 1. The van der Waals surface area contributed by atoms with E-state index in [0.717, 1.165) is 10.8 Å². The number of aromatic nitrogens is 1. The standard InChI is InChI=1S/C15H17ClN2O2/c1-15(2,20)9-18(3)14(19)12-8-10-6-4-5-7-11(10)13(16)17-12/h4-8,20H,9H2,1-3H3. The van der Waals surface area contributed by atoms with Gasteiger partial charge < -0.3 is 10.0 Å². The van der Waals surface area contributed by atoms with Gasteiger partial charge in [-0.3, -0.25) is 4.79 Å².